The van der Waals surface area contributed by atoms with E-state index >= 15 is 4.79 Å². The predicted molar refractivity (Wildman–Crippen MR) is 273 cm³/mol. The zero-order chi connectivity index (χ0) is 56.9. The molecule has 0 radical (unpaired) electrons. The second-order valence-electron chi connectivity index (χ2n) is 19.6. The number of allylic oxidation sites excluding steroid dienone is 3. The number of aliphatic hydroxyl groups excluding tert-OH is 3. The number of aliphatic hydroxyl groups is 4. The van der Waals surface area contributed by atoms with Gasteiger partial charge in [0.15, 0.2) is 6.04 Å². The minimum Gasteiger partial charge on any atom is -0.492 e. The van der Waals surface area contributed by atoms with Gasteiger partial charge in [0.25, 0.3) is 0 Å². The predicted octanol–water partition coefficient (Wildman–Crippen LogP) is -0.296. The van der Waals surface area contributed by atoms with Crippen molar-refractivity contribution in [1.82, 2.24) is 31.5 Å². The number of primary amides is 1. The van der Waals surface area contributed by atoms with Crippen molar-refractivity contribution >= 4 is 53.3 Å². The van der Waals surface area contributed by atoms with E-state index in [-0.39, 0.29) is 45.1 Å². The molecule has 0 aromatic heterocycles. The molecule has 12 atom stereocenters. The number of carbonyl (C=O) groups excluding carboxylic acids is 9. The lowest BCUT2D eigenvalue weighted by molar-refractivity contribution is -0.159. The Labute approximate surface area is 439 Å². The average Bonchev–Trinajstić information content (AvgIpc) is 3.36. The summed E-state index contributed by atoms with van der Waals surface area (Å²) in [4.78, 5) is 122. The molecule has 420 valence electrons. The van der Waals surface area contributed by atoms with E-state index in [0.29, 0.717) is 16.9 Å². The Balaban J connectivity index is 2.73. The van der Waals surface area contributed by atoms with Crippen LogP contribution in [0.1, 0.15) is 107 Å². The molecule has 0 fully saturated rings. The zero-order valence-electron chi connectivity index (χ0n) is 45.0. The Morgan fingerprint density at radius 1 is 0.813 bits per heavy atom. The molecule has 0 saturated heterocycles. The van der Waals surface area contributed by atoms with Gasteiger partial charge in [-0.1, -0.05) is 77.4 Å². The molecule has 0 unspecified atom stereocenters. The molecule has 1 aromatic rings. The quantitative estimate of drug-likeness (QED) is 0.0427. The second-order valence-corrected chi connectivity index (χ2v) is 19.6. The fraction of sp³-hybridized carbons (Fsp3) is 0.635. The molecule has 7 amide bonds. The number of nitrogens with zero attached hydrogens (tertiary/aromatic N) is 1. The number of benzene rings is 1. The largest absolute Gasteiger partial charge is 0.492 e. The van der Waals surface area contributed by atoms with Gasteiger partial charge in [-0.15, -0.1) is 0 Å². The van der Waals surface area contributed by atoms with Gasteiger partial charge in [0, 0.05) is 46.7 Å². The van der Waals surface area contributed by atoms with Gasteiger partial charge >= 0.3 is 11.9 Å². The maximum atomic E-state index is 15.0. The number of esters is 2. The highest BCUT2D eigenvalue weighted by atomic mass is 16.6. The van der Waals surface area contributed by atoms with E-state index in [4.69, 9.17) is 19.9 Å². The number of ether oxygens (including phenoxy) is 3. The van der Waals surface area contributed by atoms with Crippen molar-refractivity contribution in [3.8, 4) is 0 Å². The van der Waals surface area contributed by atoms with Crippen molar-refractivity contribution in [3.63, 3.8) is 0 Å². The first-order valence-corrected chi connectivity index (χ1v) is 25.2. The van der Waals surface area contributed by atoms with Crippen molar-refractivity contribution in [1.29, 1.82) is 0 Å². The SMILES string of the molecule is CC[C@H](C)[C@@H](NC(=O)[C@@H](NC(=O)[C@H](C)[C@H](O)C(C)C)[C@@H](C)OC(=O)[C@H](COC(C)=O)NC(C)=O)C(=O)N[C@H](C(=O)N(C)[C@@H](Cc1ccccc1)C(=O)NC[C@@H](C)O)C1=CC=C(O[C@H](C)[C@@](O)(CO)CCC(N)=O)CC1. The summed E-state index contributed by atoms with van der Waals surface area (Å²) in [6.07, 6.45) is -1.58. The number of likely N-dealkylation sites (N-methyl/N-ethyl adjacent to an activating group) is 1. The average molecular weight is 1060 g/mol. The van der Waals surface area contributed by atoms with Crippen molar-refractivity contribution in [2.24, 2.45) is 23.5 Å². The highest BCUT2D eigenvalue weighted by Gasteiger charge is 2.41. The Morgan fingerprint density at radius 2 is 1.43 bits per heavy atom. The molecule has 0 heterocycles. The molecule has 0 bridgehead atoms. The first kappa shape index (κ1) is 64.7. The molecule has 1 aromatic carbocycles. The van der Waals surface area contributed by atoms with Gasteiger partial charge in [0.1, 0.15) is 48.6 Å². The van der Waals surface area contributed by atoms with Gasteiger partial charge in [-0.2, -0.15) is 0 Å². The van der Waals surface area contributed by atoms with Gasteiger partial charge in [-0.05, 0) is 62.7 Å². The van der Waals surface area contributed by atoms with Gasteiger partial charge in [-0.25, -0.2) is 4.79 Å². The van der Waals surface area contributed by atoms with E-state index in [1.165, 1.54) is 51.8 Å². The Kier molecular flexibility index (Phi) is 26.6. The fourth-order valence-electron chi connectivity index (χ4n) is 7.88. The molecular weight excluding hydrogens is 979 g/mol. The van der Waals surface area contributed by atoms with Crippen molar-refractivity contribution < 1.29 is 77.8 Å². The number of amides is 7. The summed E-state index contributed by atoms with van der Waals surface area (Å²) in [5.74, 6) is -9.20. The summed E-state index contributed by atoms with van der Waals surface area (Å²) in [6, 6.07) is 1.43. The summed E-state index contributed by atoms with van der Waals surface area (Å²) in [6.45, 7) is 13.1. The normalized spacial score (nSPS) is 17.6. The maximum Gasteiger partial charge on any atom is 0.332 e. The van der Waals surface area contributed by atoms with Gasteiger partial charge in [-0.3, -0.25) is 38.4 Å². The van der Waals surface area contributed by atoms with Crippen molar-refractivity contribution in [2.75, 3.05) is 26.8 Å². The van der Waals surface area contributed by atoms with Crippen LogP contribution < -0.4 is 32.3 Å². The molecule has 75 heavy (non-hydrogen) atoms. The smallest absolute Gasteiger partial charge is 0.332 e. The monoisotopic (exact) mass is 1060 g/mol. The first-order chi connectivity index (χ1) is 35.1. The lowest BCUT2D eigenvalue weighted by Crippen LogP contribution is -2.62. The maximum absolute atomic E-state index is 15.0. The molecular formula is C52H81N7O16. The lowest BCUT2D eigenvalue weighted by Gasteiger charge is -2.35. The number of nitrogens with one attached hydrogen (secondary N) is 5. The molecule has 0 saturated carbocycles. The molecule has 23 nitrogen and oxygen atoms in total. The zero-order valence-corrected chi connectivity index (χ0v) is 45.0. The third kappa shape index (κ3) is 20.7. The highest BCUT2D eigenvalue weighted by molar-refractivity contribution is 5.97. The minimum atomic E-state index is -1.85. The fourth-order valence-corrected chi connectivity index (χ4v) is 7.88. The summed E-state index contributed by atoms with van der Waals surface area (Å²) in [5.41, 5.74) is 4.46. The number of hydrogen-bond donors (Lipinski definition) is 10. The number of nitrogens with two attached hydrogens (primary N) is 1. The van der Waals surface area contributed by atoms with E-state index in [0.717, 1.165) is 13.8 Å². The number of rotatable bonds is 31. The lowest BCUT2D eigenvalue weighted by atomic mass is 9.91. The molecule has 0 aliphatic heterocycles. The number of hydrogen-bond acceptors (Lipinski definition) is 16. The summed E-state index contributed by atoms with van der Waals surface area (Å²) in [7, 11) is 1.39. The molecule has 1 aliphatic carbocycles. The molecule has 11 N–H and O–H groups in total. The van der Waals surface area contributed by atoms with Crippen LogP contribution >= 0.6 is 0 Å². The van der Waals surface area contributed by atoms with Crippen LogP contribution in [0.2, 0.25) is 0 Å². The third-order valence-electron chi connectivity index (χ3n) is 13.0. The summed E-state index contributed by atoms with van der Waals surface area (Å²) >= 11 is 0. The van der Waals surface area contributed by atoms with E-state index in [1.54, 1.807) is 58.0 Å². The first-order valence-electron chi connectivity index (χ1n) is 25.2. The van der Waals surface area contributed by atoms with E-state index in [1.807, 2.05) is 0 Å². The second kappa shape index (κ2) is 30.8. The molecule has 2 rings (SSSR count). The van der Waals surface area contributed by atoms with Crippen LogP contribution in [0.3, 0.4) is 0 Å². The number of carbonyl (C=O) groups is 9. The van der Waals surface area contributed by atoms with Crippen LogP contribution in [-0.2, 0) is 63.8 Å². The van der Waals surface area contributed by atoms with Gasteiger partial charge in [0.05, 0.1) is 30.5 Å². The third-order valence-corrected chi connectivity index (χ3v) is 13.0. The standard InChI is InChI=1S/C52H81N7O16/c1-12-29(4)42(56-49(69)43(57-46(66)31(6)45(65)28(2)3)32(7)74-51(71)39(55-34(9)62)26-73-35(10)63)48(68)58-44(37-18-20-38(21-19-37)75-33(8)52(72,27-60)23-22-41(53)64)50(70)59(11)40(47(67)54-25-30(5)61)24-36-16-14-13-15-17-36/h13-18,20,28-33,39-40,42-45,60-61,65,72H,12,19,21-27H2,1-11H3,(H2,53,64)(H,54,67)(H,55,62)(H,56,69)(H,57,66)(H,58,68)/t29-,30+,31+,32+,33+,39-,40-,42+,43-,44-,45+,52-/m0/s1. The molecule has 0 spiro atoms. The summed E-state index contributed by atoms with van der Waals surface area (Å²) < 4.78 is 16.6. The van der Waals surface area contributed by atoms with Crippen molar-refractivity contribution in [2.45, 2.75) is 168 Å². The van der Waals surface area contributed by atoms with Crippen LogP contribution in [0.15, 0.2) is 53.8 Å². The Bertz CT molecular complexity index is 2190. The van der Waals surface area contributed by atoms with E-state index in [9.17, 15) is 58.8 Å². The molecule has 1 aliphatic rings. The van der Waals surface area contributed by atoms with Crippen LogP contribution in [-0.4, -0.2) is 166 Å². The van der Waals surface area contributed by atoms with Gasteiger partial charge in [0.2, 0.25) is 41.4 Å². The summed E-state index contributed by atoms with van der Waals surface area (Å²) in [5, 5.41) is 54.9. The van der Waals surface area contributed by atoms with Crippen LogP contribution in [0.4, 0.5) is 0 Å². The Hall–Kier alpha value is -6.43. The Morgan fingerprint density at radius 3 is 1.95 bits per heavy atom. The van der Waals surface area contributed by atoms with E-state index in [2.05, 4.69) is 26.6 Å². The van der Waals surface area contributed by atoms with Crippen LogP contribution in [0.5, 0.6) is 0 Å². The van der Waals surface area contributed by atoms with Crippen molar-refractivity contribution in [3.05, 3.63) is 59.4 Å². The topological polar surface area (TPSA) is 352 Å². The van der Waals surface area contributed by atoms with Crippen LogP contribution in [0.25, 0.3) is 0 Å². The minimum absolute atomic E-state index is 0.0251. The van der Waals surface area contributed by atoms with E-state index < -0.39 is 144 Å². The van der Waals surface area contributed by atoms with Crippen LogP contribution in [0, 0.1) is 17.8 Å². The van der Waals surface area contributed by atoms with Gasteiger partial charge < -0.3 is 71.9 Å². The molecule has 23 heteroatoms. The highest BCUT2D eigenvalue weighted by Crippen LogP contribution is 2.29.